The number of amides is 1. The molecule has 2 aliphatic rings. The standard InChI is InChI=1S/C10H16N2O6/c1-17-8-7(15)5(4-13)18-9(8)12-3-2-6(14)11-10(12)16/h2-3,5,7-10,13,15-16H,4H2,1H3,(H,11,14)/t5-,7?,8?,9-,10?/m1/s1. The highest BCUT2D eigenvalue weighted by molar-refractivity contribution is 5.88. The molecule has 2 heterocycles. The third-order valence-corrected chi connectivity index (χ3v) is 3.01. The molecule has 102 valence electrons. The summed E-state index contributed by atoms with van der Waals surface area (Å²) >= 11 is 0. The maximum absolute atomic E-state index is 11.0. The van der Waals surface area contributed by atoms with Crippen LogP contribution in [0.3, 0.4) is 0 Å². The van der Waals surface area contributed by atoms with Gasteiger partial charge in [0.15, 0.2) is 6.23 Å². The molecule has 0 aromatic rings. The van der Waals surface area contributed by atoms with Gasteiger partial charge in [-0.15, -0.1) is 0 Å². The van der Waals surface area contributed by atoms with Crippen molar-refractivity contribution in [2.75, 3.05) is 13.7 Å². The van der Waals surface area contributed by atoms with Gasteiger partial charge < -0.3 is 35.0 Å². The maximum atomic E-state index is 11.0. The molecule has 8 nitrogen and oxygen atoms in total. The van der Waals surface area contributed by atoms with Gasteiger partial charge in [-0.1, -0.05) is 0 Å². The Hall–Kier alpha value is -1.19. The van der Waals surface area contributed by atoms with E-state index in [0.29, 0.717) is 0 Å². The Balaban J connectivity index is 2.17. The zero-order valence-corrected chi connectivity index (χ0v) is 9.76. The predicted octanol–water partition coefficient (Wildman–Crippen LogP) is -2.70. The van der Waals surface area contributed by atoms with Crippen molar-refractivity contribution in [2.45, 2.75) is 30.9 Å². The molecular formula is C10H16N2O6. The Bertz CT molecular complexity index is 349. The Morgan fingerprint density at radius 1 is 1.56 bits per heavy atom. The number of nitrogens with one attached hydrogen (secondary N) is 1. The molecule has 0 spiro atoms. The van der Waals surface area contributed by atoms with E-state index in [4.69, 9.17) is 14.6 Å². The van der Waals surface area contributed by atoms with Crippen LogP contribution >= 0.6 is 0 Å². The van der Waals surface area contributed by atoms with Gasteiger partial charge in [0.1, 0.15) is 18.3 Å². The lowest BCUT2D eigenvalue weighted by atomic mass is 10.1. The number of hydrogen-bond donors (Lipinski definition) is 4. The normalized spacial score (nSPS) is 40.1. The van der Waals surface area contributed by atoms with Crippen LogP contribution in [0.25, 0.3) is 0 Å². The second kappa shape index (κ2) is 5.21. The number of aliphatic hydroxyl groups excluding tert-OH is 3. The van der Waals surface area contributed by atoms with Crippen LogP contribution in [0.2, 0.25) is 0 Å². The zero-order chi connectivity index (χ0) is 13.3. The van der Waals surface area contributed by atoms with E-state index in [0.717, 1.165) is 0 Å². The molecule has 2 rings (SSSR count). The van der Waals surface area contributed by atoms with Crippen molar-refractivity contribution in [1.82, 2.24) is 10.2 Å². The Kier molecular flexibility index (Phi) is 3.83. The average Bonchev–Trinajstić information content (AvgIpc) is 2.65. The summed E-state index contributed by atoms with van der Waals surface area (Å²) in [7, 11) is 1.39. The zero-order valence-electron chi connectivity index (χ0n) is 9.76. The number of rotatable bonds is 3. The van der Waals surface area contributed by atoms with E-state index in [1.807, 2.05) is 0 Å². The largest absolute Gasteiger partial charge is 0.394 e. The fourth-order valence-corrected chi connectivity index (χ4v) is 2.07. The molecule has 4 N–H and O–H groups in total. The third-order valence-electron chi connectivity index (χ3n) is 3.01. The highest BCUT2D eigenvalue weighted by Crippen LogP contribution is 2.27. The van der Waals surface area contributed by atoms with Gasteiger partial charge in [0.25, 0.3) is 0 Å². The Morgan fingerprint density at radius 2 is 2.28 bits per heavy atom. The highest BCUT2D eigenvalue weighted by Gasteiger charge is 2.47. The fraction of sp³-hybridized carbons (Fsp3) is 0.700. The Labute approximate surface area is 103 Å². The van der Waals surface area contributed by atoms with Gasteiger partial charge >= 0.3 is 0 Å². The van der Waals surface area contributed by atoms with E-state index in [2.05, 4.69) is 5.32 Å². The molecule has 0 aromatic heterocycles. The van der Waals surface area contributed by atoms with Crippen LogP contribution in [0.15, 0.2) is 12.3 Å². The minimum atomic E-state index is -1.27. The second-order valence-electron chi connectivity index (χ2n) is 4.08. The van der Waals surface area contributed by atoms with E-state index in [1.54, 1.807) is 0 Å². The van der Waals surface area contributed by atoms with Gasteiger partial charge in [-0.3, -0.25) is 4.79 Å². The van der Waals surface area contributed by atoms with Crippen molar-refractivity contribution >= 4 is 5.91 Å². The average molecular weight is 260 g/mol. The second-order valence-corrected chi connectivity index (χ2v) is 4.08. The quantitative estimate of drug-likeness (QED) is 0.437. The van der Waals surface area contributed by atoms with Crippen LogP contribution in [-0.2, 0) is 14.3 Å². The molecule has 5 atom stereocenters. The van der Waals surface area contributed by atoms with Crippen LogP contribution in [0, 0.1) is 0 Å². The van der Waals surface area contributed by atoms with Crippen molar-refractivity contribution in [3.8, 4) is 0 Å². The van der Waals surface area contributed by atoms with Crippen LogP contribution < -0.4 is 5.32 Å². The lowest BCUT2D eigenvalue weighted by Gasteiger charge is -2.36. The molecule has 1 saturated heterocycles. The summed E-state index contributed by atoms with van der Waals surface area (Å²) in [6.45, 7) is -0.364. The molecule has 0 aromatic carbocycles. The van der Waals surface area contributed by atoms with E-state index in [9.17, 15) is 15.0 Å². The number of nitrogens with zero attached hydrogens (tertiary/aromatic N) is 1. The summed E-state index contributed by atoms with van der Waals surface area (Å²) in [6.07, 6.45) is -2.03. The number of carbonyl (C=O) groups excluding carboxylic acids is 1. The molecule has 0 radical (unpaired) electrons. The van der Waals surface area contributed by atoms with Gasteiger partial charge in [-0.2, -0.15) is 0 Å². The first-order valence-electron chi connectivity index (χ1n) is 5.50. The molecule has 0 bridgehead atoms. The summed E-state index contributed by atoms with van der Waals surface area (Å²) in [5, 5.41) is 30.9. The van der Waals surface area contributed by atoms with Gasteiger partial charge in [-0.25, -0.2) is 0 Å². The number of carbonyl (C=O) groups is 1. The van der Waals surface area contributed by atoms with Gasteiger partial charge in [0, 0.05) is 19.4 Å². The first-order chi connectivity index (χ1) is 8.58. The van der Waals surface area contributed by atoms with Gasteiger partial charge in [0.2, 0.25) is 12.3 Å². The molecule has 0 saturated carbocycles. The summed E-state index contributed by atoms with van der Waals surface area (Å²) in [6, 6.07) is 0. The molecule has 1 amide bonds. The van der Waals surface area contributed by atoms with Crippen molar-refractivity contribution in [1.29, 1.82) is 0 Å². The molecule has 2 aliphatic heterocycles. The highest BCUT2D eigenvalue weighted by atomic mass is 16.6. The fourth-order valence-electron chi connectivity index (χ4n) is 2.07. The van der Waals surface area contributed by atoms with E-state index < -0.39 is 36.8 Å². The number of hydrogen-bond acceptors (Lipinski definition) is 7. The van der Waals surface area contributed by atoms with E-state index in [1.165, 1.54) is 24.3 Å². The minimum Gasteiger partial charge on any atom is -0.394 e. The van der Waals surface area contributed by atoms with Crippen LogP contribution in [0.4, 0.5) is 0 Å². The van der Waals surface area contributed by atoms with Crippen molar-refractivity contribution in [2.24, 2.45) is 0 Å². The Morgan fingerprint density at radius 3 is 2.83 bits per heavy atom. The third kappa shape index (κ3) is 2.20. The van der Waals surface area contributed by atoms with Gasteiger partial charge in [0.05, 0.1) is 6.61 Å². The summed E-state index contributed by atoms with van der Waals surface area (Å²) < 4.78 is 10.5. The summed E-state index contributed by atoms with van der Waals surface area (Å²) in [4.78, 5) is 12.3. The number of methoxy groups -OCH3 is 1. The molecule has 0 aliphatic carbocycles. The minimum absolute atomic E-state index is 0.364. The number of aliphatic hydroxyl groups is 3. The predicted molar refractivity (Wildman–Crippen MR) is 57.7 cm³/mol. The molecule has 8 heteroatoms. The molecule has 18 heavy (non-hydrogen) atoms. The van der Waals surface area contributed by atoms with Crippen LogP contribution in [0.1, 0.15) is 0 Å². The molecular weight excluding hydrogens is 244 g/mol. The van der Waals surface area contributed by atoms with Crippen molar-refractivity contribution < 1.29 is 29.6 Å². The van der Waals surface area contributed by atoms with Crippen molar-refractivity contribution in [3.05, 3.63) is 12.3 Å². The van der Waals surface area contributed by atoms with Crippen LogP contribution in [0.5, 0.6) is 0 Å². The number of ether oxygens (including phenoxy) is 2. The van der Waals surface area contributed by atoms with Gasteiger partial charge in [-0.05, 0) is 0 Å². The SMILES string of the molecule is COC1C(O)[C@@H](CO)O[C@H]1N1C=CC(=O)NC1O. The summed E-state index contributed by atoms with van der Waals surface area (Å²) in [5.74, 6) is -0.426. The van der Waals surface area contributed by atoms with Crippen molar-refractivity contribution in [3.63, 3.8) is 0 Å². The lowest BCUT2D eigenvalue weighted by Crippen LogP contribution is -2.55. The molecule has 3 unspecified atom stereocenters. The summed E-state index contributed by atoms with van der Waals surface area (Å²) in [5.41, 5.74) is 0. The van der Waals surface area contributed by atoms with E-state index in [-0.39, 0.29) is 6.61 Å². The topological polar surface area (TPSA) is 111 Å². The maximum Gasteiger partial charge on any atom is 0.248 e. The molecule has 1 fully saturated rings. The first-order valence-corrected chi connectivity index (χ1v) is 5.50. The monoisotopic (exact) mass is 260 g/mol. The van der Waals surface area contributed by atoms with E-state index >= 15 is 0 Å². The lowest BCUT2D eigenvalue weighted by molar-refractivity contribution is -0.156. The van der Waals surface area contributed by atoms with Crippen LogP contribution in [-0.4, -0.2) is 70.7 Å². The first kappa shape index (κ1) is 13.2. The smallest absolute Gasteiger partial charge is 0.248 e.